The Bertz CT molecular complexity index is 709. The Labute approximate surface area is 105 Å². The third kappa shape index (κ3) is 1.66. The zero-order valence-electron chi connectivity index (χ0n) is 10.5. The van der Waals surface area contributed by atoms with Gasteiger partial charge in [-0.05, 0) is 19.9 Å². The van der Waals surface area contributed by atoms with Crippen LogP contribution in [0.25, 0.3) is 11.0 Å². The Morgan fingerprint density at radius 3 is 2.78 bits per heavy atom. The van der Waals surface area contributed by atoms with Gasteiger partial charge in [-0.3, -0.25) is 0 Å². The molecule has 3 aromatic rings. The maximum absolute atomic E-state index is 5.92. The molecule has 0 amide bonds. The van der Waals surface area contributed by atoms with Crippen molar-refractivity contribution in [2.24, 2.45) is 0 Å². The van der Waals surface area contributed by atoms with Gasteiger partial charge in [0, 0.05) is 17.0 Å². The summed E-state index contributed by atoms with van der Waals surface area (Å²) in [5, 5.41) is 5.51. The minimum Gasteiger partial charge on any atom is -0.461 e. The van der Waals surface area contributed by atoms with Gasteiger partial charge in [0.25, 0.3) is 0 Å². The lowest BCUT2D eigenvalue weighted by atomic mass is 10.1. The van der Waals surface area contributed by atoms with Crippen LogP contribution in [0.1, 0.15) is 17.0 Å². The number of aryl methyl sites for hydroxylation is 2. The molecule has 0 saturated carbocycles. The number of para-hydroxylation sites is 1. The van der Waals surface area contributed by atoms with Crippen LogP contribution in [-0.2, 0) is 6.54 Å². The first-order chi connectivity index (χ1) is 8.65. The highest BCUT2D eigenvalue weighted by molar-refractivity contribution is 5.82. The van der Waals surface area contributed by atoms with E-state index in [1.807, 2.05) is 38.1 Å². The Kier molecular flexibility index (Phi) is 2.37. The third-order valence-electron chi connectivity index (χ3n) is 3.14. The predicted molar refractivity (Wildman–Crippen MR) is 71.4 cm³/mol. The molecule has 0 fully saturated rings. The number of hydrogen-bond acceptors (Lipinski definition) is 3. The van der Waals surface area contributed by atoms with Crippen molar-refractivity contribution in [2.45, 2.75) is 20.4 Å². The first kappa shape index (κ1) is 10.9. The molecule has 18 heavy (non-hydrogen) atoms. The molecule has 1 aromatic carbocycles. The second-order valence-corrected chi connectivity index (χ2v) is 4.50. The van der Waals surface area contributed by atoms with E-state index in [1.54, 1.807) is 4.68 Å². The van der Waals surface area contributed by atoms with Gasteiger partial charge in [-0.1, -0.05) is 18.2 Å². The quantitative estimate of drug-likeness (QED) is 0.750. The molecule has 2 aromatic heterocycles. The van der Waals surface area contributed by atoms with Gasteiger partial charge in [0.15, 0.2) is 0 Å². The normalized spacial score (nSPS) is 11.2. The molecule has 0 radical (unpaired) electrons. The lowest BCUT2D eigenvalue weighted by molar-refractivity contribution is 0.564. The molecule has 2 N–H and O–H groups in total. The zero-order chi connectivity index (χ0) is 12.7. The van der Waals surface area contributed by atoms with Crippen LogP contribution in [0.4, 0.5) is 5.82 Å². The average molecular weight is 241 g/mol. The van der Waals surface area contributed by atoms with Crippen molar-refractivity contribution >= 4 is 16.8 Å². The van der Waals surface area contributed by atoms with Gasteiger partial charge < -0.3 is 10.2 Å². The number of fused-ring (bicyclic) bond motifs is 1. The van der Waals surface area contributed by atoms with Crippen molar-refractivity contribution in [3.8, 4) is 0 Å². The first-order valence-corrected chi connectivity index (χ1v) is 5.92. The topological polar surface area (TPSA) is 57.0 Å². The van der Waals surface area contributed by atoms with Gasteiger partial charge in [-0.15, -0.1) is 0 Å². The molecule has 4 nitrogen and oxygen atoms in total. The number of rotatable bonds is 2. The van der Waals surface area contributed by atoms with Crippen LogP contribution in [0, 0.1) is 13.8 Å². The summed E-state index contributed by atoms with van der Waals surface area (Å²) in [4.78, 5) is 0. The number of benzene rings is 1. The Morgan fingerprint density at radius 1 is 1.28 bits per heavy atom. The summed E-state index contributed by atoms with van der Waals surface area (Å²) in [5.41, 5.74) is 8.90. The van der Waals surface area contributed by atoms with Crippen molar-refractivity contribution in [1.82, 2.24) is 9.78 Å². The summed E-state index contributed by atoms with van der Waals surface area (Å²) in [6, 6.07) is 9.90. The van der Waals surface area contributed by atoms with E-state index < -0.39 is 0 Å². The molecule has 2 heterocycles. The summed E-state index contributed by atoms with van der Waals surface area (Å²) in [6.45, 7) is 4.55. The fourth-order valence-electron chi connectivity index (χ4n) is 2.26. The summed E-state index contributed by atoms with van der Waals surface area (Å²) < 4.78 is 7.54. The van der Waals surface area contributed by atoms with E-state index in [1.165, 1.54) is 0 Å². The highest BCUT2D eigenvalue weighted by Crippen LogP contribution is 2.26. The average Bonchev–Trinajstić information content (AvgIpc) is 2.81. The second-order valence-electron chi connectivity index (χ2n) is 4.50. The van der Waals surface area contributed by atoms with Gasteiger partial charge >= 0.3 is 0 Å². The number of nitrogens with zero attached hydrogens (tertiary/aromatic N) is 2. The molecule has 0 aliphatic heterocycles. The molecule has 0 bridgehead atoms. The van der Waals surface area contributed by atoms with Crippen LogP contribution in [-0.4, -0.2) is 9.78 Å². The zero-order valence-corrected chi connectivity index (χ0v) is 10.5. The number of hydrogen-bond donors (Lipinski definition) is 1. The molecule has 0 spiro atoms. The molecule has 0 saturated heterocycles. The number of aromatic nitrogens is 2. The first-order valence-electron chi connectivity index (χ1n) is 5.92. The third-order valence-corrected chi connectivity index (χ3v) is 3.14. The van der Waals surface area contributed by atoms with Crippen LogP contribution < -0.4 is 5.73 Å². The van der Waals surface area contributed by atoms with E-state index in [9.17, 15) is 0 Å². The minimum atomic E-state index is 0.641. The second kappa shape index (κ2) is 3.91. The molecule has 0 aliphatic rings. The maximum atomic E-state index is 5.92. The monoisotopic (exact) mass is 241 g/mol. The standard InChI is InChI=1S/C14H15N3O/c1-9-7-14(15)17(16-9)8-12-10(2)18-13-6-4-3-5-11(12)13/h3-7H,8,15H2,1-2H3. The molecular weight excluding hydrogens is 226 g/mol. The van der Waals surface area contributed by atoms with Crippen molar-refractivity contribution in [2.75, 3.05) is 5.73 Å². The maximum Gasteiger partial charge on any atom is 0.134 e. The summed E-state index contributed by atoms with van der Waals surface area (Å²) in [5.74, 6) is 1.60. The van der Waals surface area contributed by atoms with Crippen LogP contribution in [0.3, 0.4) is 0 Å². The van der Waals surface area contributed by atoms with Gasteiger partial charge in [0.1, 0.15) is 17.2 Å². The molecule has 0 atom stereocenters. The number of furan rings is 1. The van der Waals surface area contributed by atoms with Gasteiger partial charge in [-0.2, -0.15) is 5.10 Å². The van der Waals surface area contributed by atoms with E-state index in [0.29, 0.717) is 12.4 Å². The highest BCUT2D eigenvalue weighted by atomic mass is 16.3. The lowest BCUT2D eigenvalue weighted by Gasteiger charge is -2.03. The molecule has 0 unspecified atom stereocenters. The Hall–Kier alpha value is -2.23. The molecule has 4 heteroatoms. The predicted octanol–water partition coefficient (Wildman–Crippen LogP) is 2.88. The van der Waals surface area contributed by atoms with Crippen LogP contribution in [0.15, 0.2) is 34.7 Å². The van der Waals surface area contributed by atoms with Crippen molar-refractivity contribution < 1.29 is 4.42 Å². The van der Waals surface area contributed by atoms with Crippen LogP contribution >= 0.6 is 0 Å². The van der Waals surface area contributed by atoms with Crippen LogP contribution in [0.5, 0.6) is 0 Å². The smallest absolute Gasteiger partial charge is 0.134 e. The van der Waals surface area contributed by atoms with E-state index in [4.69, 9.17) is 10.2 Å². The van der Waals surface area contributed by atoms with E-state index in [0.717, 1.165) is 28.0 Å². The van der Waals surface area contributed by atoms with E-state index in [2.05, 4.69) is 11.2 Å². The number of nitrogens with two attached hydrogens (primary N) is 1. The van der Waals surface area contributed by atoms with E-state index in [-0.39, 0.29) is 0 Å². The summed E-state index contributed by atoms with van der Waals surface area (Å²) >= 11 is 0. The van der Waals surface area contributed by atoms with Crippen molar-refractivity contribution in [1.29, 1.82) is 0 Å². The van der Waals surface area contributed by atoms with E-state index >= 15 is 0 Å². The summed E-state index contributed by atoms with van der Waals surface area (Å²) in [7, 11) is 0. The Morgan fingerprint density at radius 2 is 2.06 bits per heavy atom. The van der Waals surface area contributed by atoms with Crippen LogP contribution in [0.2, 0.25) is 0 Å². The number of anilines is 1. The fourth-order valence-corrected chi connectivity index (χ4v) is 2.26. The van der Waals surface area contributed by atoms with Gasteiger partial charge in [-0.25, -0.2) is 4.68 Å². The SMILES string of the molecule is Cc1cc(N)n(Cc2c(C)oc3ccccc23)n1. The highest BCUT2D eigenvalue weighted by Gasteiger charge is 2.12. The summed E-state index contributed by atoms with van der Waals surface area (Å²) in [6.07, 6.45) is 0. The number of nitrogen functional groups attached to an aromatic ring is 1. The fraction of sp³-hybridized carbons (Fsp3) is 0.214. The largest absolute Gasteiger partial charge is 0.461 e. The molecule has 3 rings (SSSR count). The van der Waals surface area contributed by atoms with Gasteiger partial charge in [0.05, 0.1) is 12.2 Å². The molecule has 0 aliphatic carbocycles. The van der Waals surface area contributed by atoms with Crippen molar-refractivity contribution in [3.63, 3.8) is 0 Å². The van der Waals surface area contributed by atoms with Crippen molar-refractivity contribution in [3.05, 3.63) is 47.3 Å². The molecular formula is C14H15N3O. The molecule has 92 valence electrons. The van der Waals surface area contributed by atoms with Gasteiger partial charge in [0.2, 0.25) is 0 Å². The minimum absolute atomic E-state index is 0.641. The Balaban J connectivity index is 2.09. The lowest BCUT2D eigenvalue weighted by Crippen LogP contribution is -2.06.